The van der Waals surface area contributed by atoms with Gasteiger partial charge in [0.2, 0.25) is 5.91 Å². The van der Waals surface area contributed by atoms with Crippen LogP contribution in [-0.4, -0.2) is 66.3 Å². The number of fused-ring (bicyclic) bond motifs is 1. The minimum absolute atomic E-state index is 0.0334. The number of benzene rings is 3. The Morgan fingerprint density at radius 2 is 1.63 bits per heavy atom. The zero-order valence-electron chi connectivity index (χ0n) is 22.0. The fraction of sp³-hybridized carbons (Fsp3) is 0.355. The molecule has 3 aromatic carbocycles. The number of hydrogen-bond donors (Lipinski definition) is 0. The SMILES string of the molecule is CCCN1CCN(C(=O)[C@@H]2c3ccccc3C(=O)N(Cc3ccc(F)cc3)[C@H]2c2ccc(OC)cc2)CC1. The van der Waals surface area contributed by atoms with Gasteiger partial charge in [-0.15, -0.1) is 0 Å². The molecule has 6 nitrogen and oxygen atoms in total. The van der Waals surface area contributed by atoms with E-state index in [0.29, 0.717) is 24.4 Å². The molecule has 2 amide bonds. The van der Waals surface area contributed by atoms with E-state index in [4.69, 9.17) is 4.74 Å². The van der Waals surface area contributed by atoms with Crippen molar-refractivity contribution in [1.29, 1.82) is 0 Å². The number of carbonyl (C=O) groups is 2. The molecule has 0 aliphatic carbocycles. The van der Waals surface area contributed by atoms with Crippen molar-refractivity contribution in [2.45, 2.75) is 31.8 Å². The predicted molar refractivity (Wildman–Crippen MR) is 145 cm³/mol. The fourth-order valence-corrected chi connectivity index (χ4v) is 5.70. The second-order valence-corrected chi connectivity index (χ2v) is 10.0. The van der Waals surface area contributed by atoms with E-state index < -0.39 is 12.0 Å². The molecule has 5 rings (SSSR count). The molecule has 2 heterocycles. The first kappa shape index (κ1) is 25.9. The molecule has 0 saturated carbocycles. The predicted octanol–water partition coefficient (Wildman–Crippen LogP) is 4.87. The van der Waals surface area contributed by atoms with Gasteiger partial charge in [-0.1, -0.05) is 49.4 Å². The average Bonchev–Trinajstić information content (AvgIpc) is 2.96. The number of nitrogens with zero attached hydrogens (tertiary/aromatic N) is 3. The summed E-state index contributed by atoms with van der Waals surface area (Å²) in [7, 11) is 1.61. The Morgan fingerprint density at radius 3 is 2.29 bits per heavy atom. The summed E-state index contributed by atoms with van der Waals surface area (Å²) in [5.41, 5.74) is 2.97. The molecule has 0 radical (unpaired) electrons. The molecule has 0 bridgehead atoms. The van der Waals surface area contributed by atoms with Crippen molar-refractivity contribution in [3.63, 3.8) is 0 Å². The normalized spacial score (nSPS) is 19.8. The second kappa shape index (κ2) is 11.4. The lowest BCUT2D eigenvalue weighted by molar-refractivity contribution is -0.136. The van der Waals surface area contributed by atoms with Gasteiger partial charge in [-0.05, 0) is 60.0 Å². The van der Waals surface area contributed by atoms with E-state index in [9.17, 15) is 14.0 Å². The van der Waals surface area contributed by atoms with Crippen molar-refractivity contribution < 1.29 is 18.7 Å². The minimum Gasteiger partial charge on any atom is -0.497 e. The van der Waals surface area contributed by atoms with Gasteiger partial charge in [0.05, 0.1) is 19.1 Å². The van der Waals surface area contributed by atoms with Crippen molar-refractivity contribution in [2.75, 3.05) is 39.8 Å². The molecule has 2 atom stereocenters. The Kier molecular flexibility index (Phi) is 7.74. The summed E-state index contributed by atoms with van der Waals surface area (Å²) in [5, 5.41) is 0. The number of amides is 2. The van der Waals surface area contributed by atoms with Gasteiger partial charge >= 0.3 is 0 Å². The highest BCUT2D eigenvalue weighted by molar-refractivity contribution is 6.01. The summed E-state index contributed by atoms with van der Waals surface area (Å²) in [6, 6.07) is 20.7. The maximum Gasteiger partial charge on any atom is 0.255 e. The summed E-state index contributed by atoms with van der Waals surface area (Å²) in [6.45, 7) is 6.49. The number of ether oxygens (including phenoxy) is 1. The molecule has 1 saturated heterocycles. The van der Waals surface area contributed by atoms with Gasteiger partial charge in [0.25, 0.3) is 5.91 Å². The molecule has 3 aromatic rings. The number of piperazine rings is 1. The average molecular weight is 516 g/mol. The van der Waals surface area contributed by atoms with Gasteiger partial charge in [0.1, 0.15) is 11.6 Å². The third kappa shape index (κ3) is 5.16. The zero-order valence-corrected chi connectivity index (χ0v) is 22.0. The Bertz CT molecular complexity index is 1270. The van der Waals surface area contributed by atoms with E-state index >= 15 is 0 Å². The standard InChI is InChI=1S/C31H34FN3O3/c1-3-16-33-17-19-34(20-18-33)31(37)28-26-6-4-5-7-27(26)30(36)35(21-22-8-12-24(32)13-9-22)29(28)23-10-14-25(38-2)15-11-23/h4-15,28-29H,3,16-21H2,1-2H3/t28-,29+/m1/s1. The second-order valence-electron chi connectivity index (χ2n) is 10.0. The summed E-state index contributed by atoms with van der Waals surface area (Å²) in [5.74, 6) is -0.286. The van der Waals surface area contributed by atoms with Crippen LogP contribution in [0.25, 0.3) is 0 Å². The molecule has 0 unspecified atom stereocenters. The molecule has 0 aromatic heterocycles. The van der Waals surface area contributed by atoms with E-state index in [1.165, 1.54) is 12.1 Å². The van der Waals surface area contributed by atoms with Crippen LogP contribution in [0.2, 0.25) is 0 Å². The maximum absolute atomic E-state index is 14.3. The topological polar surface area (TPSA) is 53.1 Å². The Morgan fingerprint density at radius 1 is 0.947 bits per heavy atom. The van der Waals surface area contributed by atoms with Crippen LogP contribution in [0, 0.1) is 5.82 Å². The first-order chi connectivity index (χ1) is 18.5. The minimum atomic E-state index is -0.560. The molecule has 198 valence electrons. The highest BCUT2D eigenvalue weighted by Gasteiger charge is 2.45. The van der Waals surface area contributed by atoms with Crippen LogP contribution in [0.1, 0.15) is 52.4 Å². The van der Waals surface area contributed by atoms with Crippen molar-refractivity contribution in [1.82, 2.24) is 14.7 Å². The Labute approximate surface area is 223 Å². The third-order valence-electron chi connectivity index (χ3n) is 7.65. The lowest BCUT2D eigenvalue weighted by Crippen LogP contribution is -2.53. The van der Waals surface area contributed by atoms with Crippen molar-refractivity contribution in [3.8, 4) is 5.75 Å². The van der Waals surface area contributed by atoms with Crippen molar-refractivity contribution in [2.24, 2.45) is 0 Å². The smallest absolute Gasteiger partial charge is 0.255 e. The van der Waals surface area contributed by atoms with Crippen LogP contribution in [0.15, 0.2) is 72.8 Å². The summed E-state index contributed by atoms with van der Waals surface area (Å²) in [4.78, 5) is 34.4. The quantitative estimate of drug-likeness (QED) is 0.451. The Balaban J connectivity index is 1.57. The molecule has 38 heavy (non-hydrogen) atoms. The number of carbonyl (C=O) groups excluding carboxylic acids is 2. The molecule has 2 aliphatic heterocycles. The maximum atomic E-state index is 14.3. The first-order valence-electron chi connectivity index (χ1n) is 13.3. The summed E-state index contributed by atoms with van der Waals surface area (Å²) in [6.07, 6.45) is 1.09. The van der Waals surface area contributed by atoms with Gasteiger partial charge in [0, 0.05) is 38.3 Å². The zero-order chi connectivity index (χ0) is 26.6. The highest BCUT2D eigenvalue weighted by Crippen LogP contribution is 2.44. The van der Waals surface area contributed by atoms with E-state index in [-0.39, 0.29) is 24.2 Å². The van der Waals surface area contributed by atoms with E-state index in [1.807, 2.05) is 47.4 Å². The van der Waals surface area contributed by atoms with Crippen molar-refractivity contribution >= 4 is 11.8 Å². The molecule has 0 spiro atoms. The van der Waals surface area contributed by atoms with E-state index in [0.717, 1.165) is 42.7 Å². The summed E-state index contributed by atoms with van der Waals surface area (Å²) >= 11 is 0. The van der Waals surface area contributed by atoms with E-state index in [1.54, 1.807) is 30.2 Å². The number of methoxy groups -OCH3 is 1. The van der Waals surface area contributed by atoms with Gasteiger partial charge in [-0.3, -0.25) is 14.5 Å². The van der Waals surface area contributed by atoms with Crippen molar-refractivity contribution in [3.05, 3.63) is 101 Å². The molecular weight excluding hydrogens is 481 g/mol. The number of rotatable bonds is 7. The molecule has 7 heteroatoms. The molecule has 0 N–H and O–H groups in total. The third-order valence-corrected chi connectivity index (χ3v) is 7.65. The van der Waals surface area contributed by atoms with Gasteiger partial charge in [-0.2, -0.15) is 0 Å². The van der Waals surface area contributed by atoms with Crippen LogP contribution in [0.5, 0.6) is 5.75 Å². The number of halogens is 1. The van der Waals surface area contributed by atoms with E-state index in [2.05, 4.69) is 11.8 Å². The van der Waals surface area contributed by atoms with Crippen LogP contribution >= 0.6 is 0 Å². The van der Waals surface area contributed by atoms with Crippen LogP contribution in [0.3, 0.4) is 0 Å². The van der Waals surface area contributed by atoms with Gasteiger partial charge in [0.15, 0.2) is 0 Å². The van der Waals surface area contributed by atoms with Crippen LogP contribution in [0.4, 0.5) is 4.39 Å². The lowest BCUT2D eigenvalue weighted by atomic mass is 9.78. The van der Waals surface area contributed by atoms with Crippen LogP contribution in [-0.2, 0) is 11.3 Å². The fourth-order valence-electron chi connectivity index (χ4n) is 5.70. The number of hydrogen-bond acceptors (Lipinski definition) is 4. The highest BCUT2D eigenvalue weighted by atomic mass is 19.1. The first-order valence-corrected chi connectivity index (χ1v) is 13.3. The molecular formula is C31H34FN3O3. The van der Waals surface area contributed by atoms with Crippen LogP contribution < -0.4 is 4.74 Å². The lowest BCUT2D eigenvalue weighted by Gasteiger charge is -2.44. The monoisotopic (exact) mass is 515 g/mol. The Hall–Kier alpha value is -3.71. The molecule has 2 aliphatic rings. The largest absolute Gasteiger partial charge is 0.497 e. The van der Waals surface area contributed by atoms with Gasteiger partial charge < -0.3 is 14.5 Å². The molecule has 1 fully saturated rings. The van der Waals surface area contributed by atoms with Gasteiger partial charge in [-0.25, -0.2) is 4.39 Å². The summed E-state index contributed by atoms with van der Waals surface area (Å²) < 4.78 is 19.0.